The van der Waals surface area contributed by atoms with E-state index in [1.54, 1.807) is 26.4 Å². The number of piperidine rings is 2. The van der Waals surface area contributed by atoms with E-state index < -0.39 is 5.63 Å². The minimum absolute atomic E-state index is 0.000388. The standard InChI is InChI=1S/C24H32N2O5/c1-15-18(24(28)31-21-12-17(29-2)11-20(30-3)23(15)21)13-22(27)25-14-16-7-6-10-26-9-5-4-8-19(16)26/h11-12,16,19H,4-10,13-14H2,1-3H3,(H,25,27)/t16-,19-/m1/s1. The molecule has 31 heavy (non-hydrogen) atoms. The average molecular weight is 429 g/mol. The first-order valence-electron chi connectivity index (χ1n) is 11.2. The molecule has 1 amide bonds. The van der Waals surface area contributed by atoms with E-state index in [4.69, 9.17) is 13.9 Å². The van der Waals surface area contributed by atoms with Crippen molar-refractivity contribution >= 4 is 16.9 Å². The number of hydrogen-bond donors (Lipinski definition) is 1. The third-order valence-electron chi connectivity index (χ3n) is 6.90. The largest absolute Gasteiger partial charge is 0.496 e. The molecule has 2 aromatic rings. The minimum atomic E-state index is -0.494. The maximum Gasteiger partial charge on any atom is 0.340 e. The molecule has 0 bridgehead atoms. The van der Waals surface area contributed by atoms with Gasteiger partial charge in [0.05, 0.1) is 31.6 Å². The summed E-state index contributed by atoms with van der Waals surface area (Å²) in [5, 5.41) is 3.78. The van der Waals surface area contributed by atoms with Crippen molar-refractivity contribution in [3.8, 4) is 11.5 Å². The molecule has 2 aliphatic heterocycles. The molecule has 4 rings (SSSR count). The first kappa shape index (κ1) is 21.7. The second-order valence-electron chi connectivity index (χ2n) is 8.68. The number of benzene rings is 1. The molecule has 2 fully saturated rings. The van der Waals surface area contributed by atoms with Crippen LogP contribution in [0.3, 0.4) is 0 Å². The zero-order valence-electron chi connectivity index (χ0n) is 18.7. The van der Waals surface area contributed by atoms with Gasteiger partial charge in [0.1, 0.15) is 17.1 Å². The molecule has 0 radical (unpaired) electrons. The molecule has 2 saturated heterocycles. The van der Waals surface area contributed by atoms with Crippen LogP contribution in [0.4, 0.5) is 0 Å². The van der Waals surface area contributed by atoms with Crippen LogP contribution >= 0.6 is 0 Å². The predicted molar refractivity (Wildman–Crippen MR) is 119 cm³/mol. The summed E-state index contributed by atoms with van der Waals surface area (Å²) in [6.45, 7) is 4.86. The van der Waals surface area contributed by atoms with E-state index in [0.29, 0.717) is 52.1 Å². The van der Waals surface area contributed by atoms with Crippen LogP contribution in [0.1, 0.15) is 43.2 Å². The highest BCUT2D eigenvalue weighted by atomic mass is 16.5. The molecule has 7 heteroatoms. The number of methoxy groups -OCH3 is 2. The van der Waals surface area contributed by atoms with E-state index in [0.717, 1.165) is 6.42 Å². The summed E-state index contributed by atoms with van der Waals surface area (Å²) in [6.07, 6.45) is 6.11. The number of carbonyl (C=O) groups is 1. The number of fused-ring (bicyclic) bond motifs is 2. The second-order valence-corrected chi connectivity index (χ2v) is 8.68. The molecule has 1 aromatic carbocycles. The summed E-state index contributed by atoms with van der Waals surface area (Å²) in [4.78, 5) is 28.0. The van der Waals surface area contributed by atoms with E-state index >= 15 is 0 Å². The SMILES string of the molecule is COc1cc(OC)c2c(C)c(CC(=O)NC[C@H]3CCCN4CCCC[C@H]34)c(=O)oc2c1. The van der Waals surface area contributed by atoms with Crippen LogP contribution in [0.15, 0.2) is 21.3 Å². The summed E-state index contributed by atoms with van der Waals surface area (Å²) in [5.41, 5.74) is 0.975. The van der Waals surface area contributed by atoms with Gasteiger partial charge >= 0.3 is 5.63 Å². The van der Waals surface area contributed by atoms with Crippen molar-refractivity contribution in [3.63, 3.8) is 0 Å². The molecule has 2 atom stereocenters. The number of ether oxygens (including phenoxy) is 2. The van der Waals surface area contributed by atoms with E-state index in [9.17, 15) is 9.59 Å². The summed E-state index contributed by atoms with van der Waals surface area (Å²) >= 11 is 0. The van der Waals surface area contributed by atoms with Gasteiger partial charge in [-0.3, -0.25) is 4.79 Å². The molecule has 1 N–H and O–H groups in total. The quantitative estimate of drug-likeness (QED) is 0.713. The van der Waals surface area contributed by atoms with Crippen molar-refractivity contribution < 1.29 is 18.7 Å². The van der Waals surface area contributed by atoms with Crippen molar-refractivity contribution in [2.75, 3.05) is 33.9 Å². The Morgan fingerprint density at radius 2 is 1.97 bits per heavy atom. The van der Waals surface area contributed by atoms with Crippen LogP contribution in [-0.2, 0) is 11.2 Å². The van der Waals surface area contributed by atoms with E-state index in [1.165, 1.54) is 38.8 Å². The first-order chi connectivity index (χ1) is 15.0. The smallest absolute Gasteiger partial charge is 0.340 e. The lowest BCUT2D eigenvalue weighted by Crippen LogP contribution is -2.51. The highest BCUT2D eigenvalue weighted by molar-refractivity contribution is 5.90. The fraction of sp³-hybridized carbons (Fsp3) is 0.583. The third kappa shape index (κ3) is 4.42. The number of amides is 1. The Morgan fingerprint density at radius 1 is 1.16 bits per heavy atom. The normalized spacial score (nSPS) is 21.5. The monoisotopic (exact) mass is 428 g/mol. The fourth-order valence-electron chi connectivity index (χ4n) is 5.25. The zero-order valence-corrected chi connectivity index (χ0v) is 18.7. The molecule has 0 saturated carbocycles. The molecule has 0 unspecified atom stereocenters. The molecule has 3 heterocycles. The summed E-state index contributed by atoms with van der Waals surface area (Å²) < 4.78 is 16.3. The Labute approximate surface area is 182 Å². The van der Waals surface area contributed by atoms with Crippen molar-refractivity contribution in [1.29, 1.82) is 0 Å². The summed E-state index contributed by atoms with van der Waals surface area (Å²) in [7, 11) is 3.10. The fourth-order valence-corrected chi connectivity index (χ4v) is 5.25. The van der Waals surface area contributed by atoms with Gasteiger partial charge < -0.3 is 24.1 Å². The van der Waals surface area contributed by atoms with Gasteiger partial charge in [-0.2, -0.15) is 0 Å². The van der Waals surface area contributed by atoms with Crippen LogP contribution in [0.25, 0.3) is 11.0 Å². The Hall–Kier alpha value is -2.54. The number of rotatable bonds is 6. The molecule has 2 aliphatic rings. The average Bonchev–Trinajstić information content (AvgIpc) is 2.79. The minimum Gasteiger partial charge on any atom is -0.496 e. The van der Waals surface area contributed by atoms with Crippen molar-refractivity contribution in [2.24, 2.45) is 5.92 Å². The molecule has 1 aromatic heterocycles. The molecule has 7 nitrogen and oxygen atoms in total. The lowest BCUT2D eigenvalue weighted by molar-refractivity contribution is -0.120. The van der Waals surface area contributed by atoms with Crippen LogP contribution in [0.2, 0.25) is 0 Å². The Morgan fingerprint density at radius 3 is 2.74 bits per heavy atom. The van der Waals surface area contributed by atoms with Gasteiger partial charge in [0, 0.05) is 24.7 Å². The van der Waals surface area contributed by atoms with Gasteiger partial charge in [0.25, 0.3) is 0 Å². The number of hydrogen-bond acceptors (Lipinski definition) is 6. The third-order valence-corrected chi connectivity index (χ3v) is 6.90. The Bertz CT molecular complexity index is 1010. The molecule has 168 valence electrons. The highest BCUT2D eigenvalue weighted by Crippen LogP contribution is 2.34. The van der Waals surface area contributed by atoms with Crippen LogP contribution in [0.5, 0.6) is 11.5 Å². The van der Waals surface area contributed by atoms with Crippen molar-refractivity contribution in [2.45, 2.75) is 51.5 Å². The van der Waals surface area contributed by atoms with Gasteiger partial charge in [-0.05, 0) is 57.2 Å². The van der Waals surface area contributed by atoms with E-state index in [2.05, 4.69) is 10.2 Å². The highest BCUT2D eigenvalue weighted by Gasteiger charge is 2.33. The van der Waals surface area contributed by atoms with Gasteiger partial charge in [-0.1, -0.05) is 6.42 Å². The van der Waals surface area contributed by atoms with Crippen molar-refractivity contribution in [3.05, 3.63) is 33.7 Å². The lowest BCUT2D eigenvalue weighted by atomic mass is 9.83. The van der Waals surface area contributed by atoms with Gasteiger partial charge in [0.15, 0.2) is 0 Å². The summed E-state index contributed by atoms with van der Waals surface area (Å²) in [6, 6.07) is 3.99. The first-order valence-corrected chi connectivity index (χ1v) is 11.2. The van der Waals surface area contributed by atoms with Gasteiger partial charge in [0.2, 0.25) is 5.91 Å². The number of nitrogens with zero attached hydrogens (tertiary/aromatic N) is 1. The second kappa shape index (κ2) is 9.30. The Balaban J connectivity index is 1.50. The molecule has 0 spiro atoms. The lowest BCUT2D eigenvalue weighted by Gasteiger charge is -2.44. The van der Waals surface area contributed by atoms with E-state index in [1.807, 2.05) is 6.92 Å². The van der Waals surface area contributed by atoms with E-state index in [-0.39, 0.29) is 12.3 Å². The molecule has 0 aliphatic carbocycles. The molecular formula is C24H32N2O5. The number of carbonyl (C=O) groups excluding carboxylic acids is 1. The van der Waals surface area contributed by atoms with Crippen molar-refractivity contribution in [1.82, 2.24) is 10.2 Å². The number of nitrogens with one attached hydrogen (secondary N) is 1. The summed E-state index contributed by atoms with van der Waals surface area (Å²) in [5.74, 6) is 1.44. The Kier molecular flexibility index (Phi) is 6.51. The van der Waals surface area contributed by atoms with Crippen LogP contribution in [-0.4, -0.2) is 50.7 Å². The predicted octanol–water partition coefficient (Wildman–Crippen LogP) is 3.04. The van der Waals surface area contributed by atoms with Crippen LogP contribution < -0.4 is 20.4 Å². The maximum absolute atomic E-state index is 12.8. The molecular weight excluding hydrogens is 396 g/mol. The van der Waals surface area contributed by atoms with Crippen LogP contribution in [0, 0.1) is 12.8 Å². The topological polar surface area (TPSA) is 81.0 Å². The zero-order chi connectivity index (χ0) is 22.0. The van der Waals surface area contributed by atoms with Gasteiger partial charge in [-0.25, -0.2) is 4.79 Å². The number of aryl methyl sites for hydroxylation is 1. The van der Waals surface area contributed by atoms with Gasteiger partial charge in [-0.15, -0.1) is 0 Å². The maximum atomic E-state index is 12.8.